The summed E-state index contributed by atoms with van der Waals surface area (Å²) in [5.74, 6) is 0.198. The summed E-state index contributed by atoms with van der Waals surface area (Å²) in [5.41, 5.74) is 7.25. The van der Waals surface area contributed by atoms with Crippen LogP contribution in [0.1, 0.15) is 0 Å². The SMILES string of the molecule is Nc1nnc(I)c(-c2ccccc2)n1. The van der Waals surface area contributed by atoms with Gasteiger partial charge in [0.1, 0.15) is 9.39 Å². The van der Waals surface area contributed by atoms with Crippen LogP contribution in [0.25, 0.3) is 11.3 Å². The topological polar surface area (TPSA) is 64.7 Å². The summed E-state index contributed by atoms with van der Waals surface area (Å²) in [5, 5.41) is 7.58. The van der Waals surface area contributed by atoms with Gasteiger partial charge in [0.15, 0.2) is 0 Å². The molecule has 0 unspecified atom stereocenters. The number of benzene rings is 1. The minimum atomic E-state index is 0.198. The predicted molar refractivity (Wildman–Crippen MR) is 62.4 cm³/mol. The van der Waals surface area contributed by atoms with Crippen LogP contribution in [-0.4, -0.2) is 15.2 Å². The van der Waals surface area contributed by atoms with Gasteiger partial charge < -0.3 is 5.73 Å². The molecule has 2 aromatic rings. The number of nitrogens with zero attached hydrogens (tertiary/aromatic N) is 3. The summed E-state index contributed by atoms with van der Waals surface area (Å²) in [7, 11) is 0. The Morgan fingerprint density at radius 3 is 2.50 bits per heavy atom. The van der Waals surface area contributed by atoms with E-state index in [1.807, 2.05) is 30.3 Å². The Kier molecular flexibility index (Phi) is 2.58. The van der Waals surface area contributed by atoms with Crippen molar-refractivity contribution in [2.24, 2.45) is 0 Å². The van der Waals surface area contributed by atoms with Crippen LogP contribution in [0.15, 0.2) is 30.3 Å². The van der Waals surface area contributed by atoms with Crippen molar-refractivity contribution in [2.75, 3.05) is 5.73 Å². The molecule has 0 radical (unpaired) electrons. The van der Waals surface area contributed by atoms with Gasteiger partial charge in [0.2, 0.25) is 5.95 Å². The Balaban J connectivity index is 2.57. The molecule has 0 spiro atoms. The van der Waals surface area contributed by atoms with E-state index in [1.165, 1.54) is 0 Å². The average Bonchev–Trinajstić information content (AvgIpc) is 2.23. The van der Waals surface area contributed by atoms with E-state index in [0.29, 0.717) is 0 Å². The molecule has 0 saturated heterocycles. The molecule has 1 aromatic carbocycles. The lowest BCUT2D eigenvalue weighted by molar-refractivity contribution is 0.964. The van der Waals surface area contributed by atoms with Gasteiger partial charge in [-0.25, -0.2) is 4.98 Å². The predicted octanol–water partition coefficient (Wildman–Crippen LogP) is 1.73. The van der Waals surface area contributed by atoms with Gasteiger partial charge in [-0.3, -0.25) is 0 Å². The molecule has 0 aliphatic carbocycles. The van der Waals surface area contributed by atoms with Gasteiger partial charge in [-0.15, -0.1) is 10.2 Å². The molecule has 0 atom stereocenters. The molecule has 0 aliphatic heterocycles. The summed E-state index contributed by atoms with van der Waals surface area (Å²) >= 11 is 2.09. The minimum absolute atomic E-state index is 0.198. The maximum Gasteiger partial charge on any atom is 0.240 e. The Hall–Kier alpha value is -1.24. The maximum atomic E-state index is 5.48. The summed E-state index contributed by atoms with van der Waals surface area (Å²) in [6.07, 6.45) is 0. The van der Waals surface area contributed by atoms with Crippen LogP contribution in [0, 0.1) is 3.70 Å². The zero-order valence-corrected chi connectivity index (χ0v) is 9.34. The minimum Gasteiger partial charge on any atom is -0.366 e. The highest BCUT2D eigenvalue weighted by atomic mass is 127. The molecular weight excluding hydrogens is 291 g/mol. The number of rotatable bonds is 1. The molecular formula is C9H7IN4. The van der Waals surface area contributed by atoms with E-state index >= 15 is 0 Å². The quantitative estimate of drug-likeness (QED) is 0.814. The van der Waals surface area contributed by atoms with Gasteiger partial charge in [-0.1, -0.05) is 30.3 Å². The molecule has 0 bridgehead atoms. The van der Waals surface area contributed by atoms with E-state index in [1.54, 1.807) is 0 Å². The smallest absolute Gasteiger partial charge is 0.240 e. The van der Waals surface area contributed by atoms with Crippen molar-refractivity contribution in [1.82, 2.24) is 15.2 Å². The van der Waals surface area contributed by atoms with E-state index in [2.05, 4.69) is 37.8 Å². The van der Waals surface area contributed by atoms with Crippen LogP contribution in [0.4, 0.5) is 5.95 Å². The molecule has 1 aromatic heterocycles. The second-order valence-electron chi connectivity index (χ2n) is 2.68. The van der Waals surface area contributed by atoms with Crippen LogP contribution in [0.3, 0.4) is 0 Å². The lowest BCUT2D eigenvalue weighted by atomic mass is 10.2. The molecule has 0 fully saturated rings. The molecule has 2 N–H and O–H groups in total. The van der Waals surface area contributed by atoms with Crippen molar-refractivity contribution >= 4 is 28.5 Å². The molecule has 1 heterocycles. The van der Waals surface area contributed by atoms with E-state index in [-0.39, 0.29) is 5.95 Å². The summed E-state index contributed by atoms with van der Waals surface area (Å²) in [6, 6.07) is 9.78. The Labute approximate surface area is 94.7 Å². The second kappa shape index (κ2) is 3.87. The van der Waals surface area contributed by atoms with Crippen LogP contribution in [-0.2, 0) is 0 Å². The fourth-order valence-corrected chi connectivity index (χ4v) is 1.65. The van der Waals surface area contributed by atoms with Crippen molar-refractivity contribution in [3.63, 3.8) is 0 Å². The van der Waals surface area contributed by atoms with Gasteiger partial charge in [-0.2, -0.15) is 0 Å². The fourth-order valence-electron chi connectivity index (χ4n) is 1.11. The molecule has 70 valence electrons. The van der Waals surface area contributed by atoms with Crippen molar-refractivity contribution in [1.29, 1.82) is 0 Å². The van der Waals surface area contributed by atoms with Gasteiger partial charge >= 0.3 is 0 Å². The summed E-state index contributed by atoms with van der Waals surface area (Å²) < 4.78 is 0.753. The first-order chi connectivity index (χ1) is 6.77. The largest absolute Gasteiger partial charge is 0.366 e. The van der Waals surface area contributed by atoms with Crippen molar-refractivity contribution < 1.29 is 0 Å². The van der Waals surface area contributed by atoms with Crippen LogP contribution < -0.4 is 5.73 Å². The number of hydrogen-bond donors (Lipinski definition) is 1. The van der Waals surface area contributed by atoms with E-state index < -0.39 is 0 Å². The number of halogens is 1. The van der Waals surface area contributed by atoms with E-state index in [0.717, 1.165) is 15.0 Å². The highest BCUT2D eigenvalue weighted by molar-refractivity contribution is 14.1. The number of nitrogens with two attached hydrogens (primary N) is 1. The number of nitrogen functional groups attached to an aromatic ring is 1. The van der Waals surface area contributed by atoms with E-state index in [9.17, 15) is 0 Å². The third-order valence-corrected chi connectivity index (χ3v) is 2.44. The zero-order valence-electron chi connectivity index (χ0n) is 7.18. The lowest BCUT2D eigenvalue weighted by Gasteiger charge is -2.01. The highest BCUT2D eigenvalue weighted by Crippen LogP contribution is 2.20. The summed E-state index contributed by atoms with van der Waals surface area (Å²) in [6.45, 7) is 0. The molecule has 2 rings (SSSR count). The first-order valence-corrected chi connectivity index (χ1v) is 5.06. The van der Waals surface area contributed by atoms with Crippen molar-refractivity contribution in [3.8, 4) is 11.3 Å². The monoisotopic (exact) mass is 298 g/mol. The molecule has 0 amide bonds. The number of aromatic nitrogens is 3. The molecule has 14 heavy (non-hydrogen) atoms. The second-order valence-corrected chi connectivity index (χ2v) is 3.70. The Morgan fingerprint density at radius 2 is 1.79 bits per heavy atom. The first-order valence-electron chi connectivity index (χ1n) is 3.98. The Morgan fingerprint density at radius 1 is 1.07 bits per heavy atom. The van der Waals surface area contributed by atoms with Crippen molar-refractivity contribution in [3.05, 3.63) is 34.0 Å². The number of anilines is 1. The van der Waals surface area contributed by atoms with E-state index in [4.69, 9.17) is 5.73 Å². The fraction of sp³-hybridized carbons (Fsp3) is 0. The van der Waals surface area contributed by atoms with Crippen LogP contribution >= 0.6 is 22.6 Å². The van der Waals surface area contributed by atoms with Gasteiger partial charge in [0.05, 0.1) is 0 Å². The molecule has 4 nitrogen and oxygen atoms in total. The van der Waals surface area contributed by atoms with Crippen LogP contribution in [0.2, 0.25) is 0 Å². The van der Waals surface area contributed by atoms with Crippen molar-refractivity contribution in [2.45, 2.75) is 0 Å². The normalized spacial score (nSPS) is 10.1. The molecule has 0 saturated carbocycles. The first kappa shape index (κ1) is 9.32. The number of hydrogen-bond acceptors (Lipinski definition) is 4. The highest BCUT2D eigenvalue weighted by Gasteiger charge is 2.06. The third-order valence-electron chi connectivity index (χ3n) is 1.71. The average molecular weight is 298 g/mol. The Bertz CT molecular complexity index is 444. The van der Waals surface area contributed by atoms with Gasteiger partial charge in [-0.05, 0) is 22.6 Å². The molecule has 0 aliphatic rings. The zero-order chi connectivity index (χ0) is 9.97. The van der Waals surface area contributed by atoms with Gasteiger partial charge in [0, 0.05) is 5.56 Å². The lowest BCUT2D eigenvalue weighted by Crippen LogP contribution is -2.01. The third kappa shape index (κ3) is 1.82. The van der Waals surface area contributed by atoms with Gasteiger partial charge in [0.25, 0.3) is 0 Å². The summed E-state index contributed by atoms with van der Waals surface area (Å²) in [4.78, 5) is 4.14. The van der Waals surface area contributed by atoms with Crippen LogP contribution in [0.5, 0.6) is 0 Å². The maximum absolute atomic E-state index is 5.48. The molecule has 5 heteroatoms. The standard InChI is InChI=1S/C9H7IN4/c10-8-7(12-9(11)14-13-8)6-4-2-1-3-5-6/h1-5H,(H2,11,12,14).